The maximum atomic E-state index is 13.8. The average molecular weight is 316 g/mol. The number of ether oxygens (including phenoxy) is 1. The van der Waals surface area contributed by atoms with Crippen LogP contribution in [0.3, 0.4) is 0 Å². The highest BCUT2D eigenvalue weighted by molar-refractivity contribution is 6.31. The highest BCUT2D eigenvalue weighted by Gasteiger charge is 2.40. The number of aliphatic carboxylic acids is 1. The molecule has 5 nitrogen and oxygen atoms in total. The molecule has 1 saturated heterocycles. The molecule has 0 spiro atoms. The Kier molecular flexibility index (Phi) is 4.80. The minimum Gasteiger partial charge on any atom is -0.481 e. The van der Waals surface area contributed by atoms with Crippen LogP contribution in [0, 0.1) is 11.7 Å². The number of rotatable bonds is 4. The first-order chi connectivity index (χ1) is 9.95. The summed E-state index contributed by atoms with van der Waals surface area (Å²) in [7, 11) is 0. The first-order valence-electron chi connectivity index (χ1n) is 6.52. The molecule has 2 rings (SSSR count). The molecule has 0 radical (unpaired) electrons. The quantitative estimate of drug-likeness (QED) is 0.923. The van der Waals surface area contributed by atoms with Crippen molar-refractivity contribution < 1.29 is 23.8 Å². The van der Waals surface area contributed by atoms with E-state index in [1.165, 1.54) is 17.0 Å². The van der Waals surface area contributed by atoms with Crippen LogP contribution in [-0.2, 0) is 9.53 Å². The zero-order chi connectivity index (χ0) is 15.6. The van der Waals surface area contributed by atoms with Gasteiger partial charge in [-0.2, -0.15) is 0 Å². The van der Waals surface area contributed by atoms with Crippen LogP contribution < -0.4 is 0 Å². The molecule has 1 aromatic carbocycles. The fourth-order valence-electron chi connectivity index (χ4n) is 2.43. The molecule has 2 atom stereocenters. The lowest BCUT2D eigenvalue weighted by atomic mass is 10.0. The molecule has 0 aliphatic carbocycles. The number of carboxylic acid groups (broad SMARTS) is 1. The van der Waals surface area contributed by atoms with Crippen LogP contribution in [0.15, 0.2) is 18.2 Å². The van der Waals surface area contributed by atoms with Crippen LogP contribution in [0.1, 0.15) is 17.3 Å². The monoisotopic (exact) mass is 315 g/mol. The fraction of sp³-hybridized carbons (Fsp3) is 0.429. The Hall–Kier alpha value is -1.66. The summed E-state index contributed by atoms with van der Waals surface area (Å²) in [5.74, 6) is -3.11. The Morgan fingerprint density at radius 1 is 1.48 bits per heavy atom. The third-order valence-electron chi connectivity index (χ3n) is 3.53. The van der Waals surface area contributed by atoms with E-state index in [-0.39, 0.29) is 30.3 Å². The van der Waals surface area contributed by atoms with Crippen LogP contribution in [0.5, 0.6) is 0 Å². The first-order valence-corrected chi connectivity index (χ1v) is 6.90. The summed E-state index contributed by atoms with van der Waals surface area (Å²) < 4.78 is 19.0. The fourth-order valence-corrected chi connectivity index (χ4v) is 2.60. The molecular formula is C14H15ClFNO4. The summed E-state index contributed by atoms with van der Waals surface area (Å²) in [6, 6.07) is 3.10. The molecule has 0 aromatic heterocycles. The number of hydrogen-bond donors (Lipinski definition) is 1. The molecule has 2 unspecified atom stereocenters. The molecule has 21 heavy (non-hydrogen) atoms. The third-order valence-corrected chi connectivity index (χ3v) is 3.76. The number of carbonyl (C=O) groups is 2. The largest absolute Gasteiger partial charge is 0.481 e. The van der Waals surface area contributed by atoms with Gasteiger partial charge in [0.1, 0.15) is 11.7 Å². The number of halogens is 2. The lowest BCUT2D eigenvalue weighted by Crippen LogP contribution is -2.46. The summed E-state index contributed by atoms with van der Waals surface area (Å²) in [6.45, 7) is 2.13. The number of carboxylic acids is 1. The van der Waals surface area contributed by atoms with E-state index in [1.54, 1.807) is 6.92 Å². The van der Waals surface area contributed by atoms with Gasteiger partial charge in [-0.05, 0) is 25.1 Å². The summed E-state index contributed by atoms with van der Waals surface area (Å²) in [5, 5.41) is 9.41. The molecule has 7 heteroatoms. The lowest BCUT2D eigenvalue weighted by molar-refractivity contribution is -0.142. The van der Waals surface area contributed by atoms with Crippen molar-refractivity contribution in [2.24, 2.45) is 5.92 Å². The molecule has 0 saturated carbocycles. The molecule has 1 aromatic rings. The van der Waals surface area contributed by atoms with Crippen LogP contribution in [-0.4, -0.2) is 47.7 Å². The maximum absolute atomic E-state index is 13.8. The number of hydrogen-bond acceptors (Lipinski definition) is 3. The Morgan fingerprint density at radius 2 is 2.19 bits per heavy atom. The minimum absolute atomic E-state index is 0.0435. The Labute approximate surface area is 126 Å². The summed E-state index contributed by atoms with van der Waals surface area (Å²) in [6.07, 6.45) is 0. The van der Waals surface area contributed by atoms with Crippen LogP contribution in [0.25, 0.3) is 0 Å². The van der Waals surface area contributed by atoms with E-state index in [0.29, 0.717) is 0 Å². The number of carbonyl (C=O) groups excluding carboxylic acids is 1. The second-order valence-corrected chi connectivity index (χ2v) is 5.20. The van der Waals surface area contributed by atoms with E-state index in [9.17, 15) is 14.0 Å². The van der Waals surface area contributed by atoms with Crippen molar-refractivity contribution in [2.75, 3.05) is 19.8 Å². The van der Waals surface area contributed by atoms with Crippen molar-refractivity contribution in [1.29, 1.82) is 0 Å². The van der Waals surface area contributed by atoms with Gasteiger partial charge in [0.05, 0.1) is 24.8 Å². The predicted molar refractivity (Wildman–Crippen MR) is 73.9 cm³/mol. The SMILES string of the molecule is CCN(C(=O)c1cc(Cl)ccc1F)C1COCC1C(=O)O. The van der Waals surface area contributed by atoms with Crippen molar-refractivity contribution >= 4 is 23.5 Å². The molecule has 1 fully saturated rings. The van der Waals surface area contributed by atoms with Gasteiger partial charge in [-0.1, -0.05) is 11.6 Å². The zero-order valence-corrected chi connectivity index (χ0v) is 12.1. The van der Waals surface area contributed by atoms with E-state index in [0.717, 1.165) is 6.07 Å². The van der Waals surface area contributed by atoms with Gasteiger partial charge in [-0.15, -0.1) is 0 Å². The van der Waals surface area contributed by atoms with E-state index in [2.05, 4.69) is 0 Å². The van der Waals surface area contributed by atoms with Gasteiger partial charge < -0.3 is 14.7 Å². The molecule has 114 valence electrons. The lowest BCUT2D eigenvalue weighted by Gasteiger charge is -2.29. The van der Waals surface area contributed by atoms with E-state index in [1.807, 2.05) is 0 Å². The zero-order valence-electron chi connectivity index (χ0n) is 11.4. The normalized spacial score (nSPS) is 21.3. The van der Waals surface area contributed by atoms with Crippen LogP contribution >= 0.6 is 11.6 Å². The van der Waals surface area contributed by atoms with Crippen molar-refractivity contribution in [3.8, 4) is 0 Å². The first kappa shape index (κ1) is 15.7. The van der Waals surface area contributed by atoms with Gasteiger partial charge in [0.25, 0.3) is 5.91 Å². The summed E-state index contributed by atoms with van der Waals surface area (Å²) in [5.41, 5.74) is -0.166. The van der Waals surface area contributed by atoms with Crippen molar-refractivity contribution in [3.05, 3.63) is 34.6 Å². The van der Waals surface area contributed by atoms with Crippen LogP contribution in [0.2, 0.25) is 5.02 Å². The minimum atomic E-state index is -1.03. The Morgan fingerprint density at radius 3 is 2.81 bits per heavy atom. The molecule has 1 heterocycles. The number of benzene rings is 1. The maximum Gasteiger partial charge on any atom is 0.311 e. The second-order valence-electron chi connectivity index (χ2n) is 4.76. The number of likely N-dealkylation sites (N-methyl/N-ethyl adjacent to an activating group) is 1. The van der Waals surface area contributed by atoms with Gasteiger partial charge in [-0.25, -0.2) is 4.39 Å². The molecule has 1 amide bonds. The van der Waals surface area contributed by atoms with Crippen molar-refractivity contribution in [1.82, 2.24) is 4.90 Å². The highest BCUT2D eigenvalue weighted by atomic mass is 35.5. The van der Waals surface area contributed by atoms with Crippen LogP contribution in [0.4, 0.5) is 4.39 Å². The van der Waals surface area contributed by atoms with Gasteiger partial charge in [-0.3, -0.25) is 9.59 Å². The van der Waals surface area contributed by atoms with Gasteiger partial charge in [0, 0.05) is 11.6 Å². The van der Waals surface area contributed by atoms with Gasteiger partial charge in [0.2, 0.25) is 0 Å². The van der Waals surface area contributed by atoms with Gasteiger partial charge in [0.15, 0.2) is 0 Å². The standard InChI is InChI=1S/C14H15ClFNO4/c1-2-17(12-7-21-6-10(12)14(19)20)13(18)9-5-8(15)3-4-11(9)16/h3-5,10,12H,2,6-7H2,1H3,(H,19,20). The predicted octanol–water partition coefficient (Wildman–Crippen LogP) is 2.04. The molecule has 1 aliphatic rings. The Balaban J connectivity index is 2.30. The number of amides is 1. The molecule has 1 aliphatic heterocycles. The topological polar surface area (TPSA) is 66.8 Å². The smallest absolute Gasteiger partial charge is 0.311 e. The van der Waals surface area contributed by atoms with E-state index >= 15 is 0 Å². The third kappa shape index (κ3) is 3.16. The van der Waals surface area contributed by atoms with Crippen molar-refractivity contribution in [3.63, 3.8) is 0 Å². The molecule has 0 bridgehead atoms. The van der Waals surface area contributed by atoms with Gasteiger partial charge >= 0.3 is 5.97 Å². The second kappa shape index (κ2) is 6.41. The Bertz CT molecular complexity index is 566. The number of nitrogens with zero attached hydrogens (tertiary/aromatic N) is 1. The average Bonchev–Trinajstić information content (AvgIpc) is 2.91. The summed E-state index contributed by atoms with van der Waals surface area (Å²) in [4.78, 5) is 25.0. The van der Waals surface area contributed by atoms with Crippen molar-refractivity contribution in [2.45, 2.75) is 13.0 Å². The van der Waals surface area contributed by atoms with E-state index in [4.69, 9.17) is 21.4 Å². The highest BCUT2D eigenvalue weighted by Crippen LogP contribution is 2.24. The van der Waals surface area contributed by atoms with E-state index < -0.39 is 29.7 Å². The molecular weight excluding hydrogens is 301 g/mol. The summed E-state index contributed by atoms with van der Waals surface area (Å²) >= 11 is 5.79. The molecule has 1 N–H and O–H groups in total.